The van der Waals surface area contributed by atoms with Gasteiger partial charge in [-0.1, -0.05) is 13.3 Å². The third-order valence-electron chi connectivity index (χ3n) is 3.68. The van der Waals surface area contributed by atoms with Crippen LogP contribution in [0.5, 0.6) is 17.2 Å². The number of carboxylic acids is 1. The third kappa shape index (κ3) is 4.76. The number of rotatable bonds is 10. The fourth-order valence-corrected chi connectivity index (χ4v) is 2.23. The highest BCUT2D eigenvalue weighted by molar-refractivity contribution is 6.04. The number of hydrogen-bond donors (Lipinski definition) is 2. The molecular formula is C17H25NO7. The summed E-state index contributed by atoms with van der Waals surface area (Å²) in [4.78, 5) is 23.8. The minimum Gasteiger partial charge on any atom is -0.493 e. The summed E-state index contributed by atoms with van der Waals surface area (Å²) in [5.41, 5.74) is 4.09. The second kappa shape index (κ2) is 9.12. The molecule has 8 heteroatoms. The number of ether oxygens (including phenoxy) is 4. The van der Waals surface area contributed by atoms with Gasteiger partial charge in [-0.3, -0.25) is 0 Å². The van der Waals surface area contributed by atoms with Gasteiger partial charge in [-0.15, -0.1) is 0 Å². The maximum Gasteiger partial charge on any atom is 0.338 e. The fraction of sp³-hybridized carbons (Fsp3) is 0.529. The van der Waals surface area contributed by atoms with E-state index in [0.717, 1.165) is 6.42 Å². The fourth-order valence-electron chi connectivity index (χ4n) is 2.23. The first kappa shape index (κ1) is 20.6. The van der Waals surface area contributed by atoms with Crippen molar-refractivity contribution in [2.24, 2.45) is 5.73 Å². The van der Waals surface area contributed by atoms with Crippen LogP contribution in [-0.4, -0.2) is 50.5 Å². The van der Waals surface area contributed by atoms with E-state index in [0.29, 0.717) is 29.2 Å². The lowest BCUT2D eigenvalue weighted by Gasteiger charge is -2.23. The summed E-state index contributed by atoms with van der Waals surface area (Å²) in [6.07, 6.45) is 1.15. The molecule has 1 atom stereocenters. The van der Waals surface area contributed by atoms with E-state index in [9.17, 15) is 14.7 Å². The molecule has 0 amide bonds. The Bertz CT molecular complexity index is 592. The molecule has 0 aliphatic rings. The van der Waals surface area contributed by atoms with Crippen molar-refractivity contribution in [1.29, 1.82) is 0 Å². The average Bonchev–Trinajstić information content (AvgIpc) is 2.60. The summed E-state index contributed by atoms with van der Waals surface area (Å²) in [6.45, 7) is 2.05. The topological polar surface area (TPSA) is 117 Å². The third-order valence-corrected chi connectivity index (χ3v) is 3.68. The van der Waals surface area contributed by atoms with Gasteiger partial charge >= 0.3 is 11.9 Å². The normalized spacial score (nSPS) is 12.8. The Hall–Kier alpha value is -2.48. The van der Waals surface area contributed by atoms with Gasteiger partial charge in [0, 0.05) is 6.42 Å². The van der Waals surface area contributed by atoms with E-state index in [4.69, 9.17) is 24.7 Å². The van der Waals surface area contributed by atoms with Crippen molar-refractivity contribution in [3.8, 4) is 17.2 Å². The lowest BCUT2D eigenvalue weighted by Crippen LogP contribution is -2.57. The predicted molar refractivity (Wildman–Crippen MR) is 90.2 cm³/mol. The first-order valence-corrected chi connectivity index (χ1v) is 7.82. The number of benzene rings is 1. The van der Waals surface area contributed by atoms with Crippen molar-refractivity contribution >= 4 is 11.9 Å². The molecule has 140 valence electrons. The Morgan fingerprint density at radius 2 is 1.68 bits per heavy atom. The summed E-state index contributed by atoms with van der Waals surface area (Å²) < 4.78 is 20.7. The number of carboxylic acid groups (broad SMARTS) is 1. The van der Waals surface area contributed by atoms with Crippen LogP contribution in [0.2, 0.25) is 0 Å². The summed E-state index contributed by atoms with van der Waals surface area (Å²) in [7, 11) is 4.33. The number of methoxy groups -OCH3 is 3. The van der Waals surface area contributed by atoms with Crippen molar-refractivity contribution < 1.29 is 33.6 Å². The first-order chi connectivity index (χ1) is 11.8. The Balaban J connectivity index is 3.17. The second-order valence-electron chi connectivity index (χ2n) is 5.48. The number of esters is 1. The number of unbranched alkanes of at least 4 members (excludes halogenated alkanes) is 1. The van der Waals surface area contributed by atoms with Crippen LogP contribution in [0.25, 0.3) is 0 Å². The molecule has 0 bridgehead atoms. The molecule has 25 heavy (non-hydrogen) atoms. The van der Waals surface area contributed by atoms with Gasteiger partial charge in [0.25, 0.3) is 0 Å². The lowest BCUT2D eigenvalue weighted by molar-refractivity contribution is -0.161. The SMILES string of the molecule is CCCCOC(=O)C(N)(Cc1cc(OC)c(OC)c(OC)c1)C(=O)O. The zero-order chi connectivity index (χ0) is 19.0. The zero-order valence-electron chi connectivity index (χ0n) is 15.0. The zero-order valence-corrected chi connectivity index (χ0v) is 15.0. The Morgan fingerprint density at radius 1 is 1.12 bits per heavy atom. The van der Waals surface area contributed by atoms with Gasteiger partial charge in [0.2, 0.25) is 11.3 Å². The Kier molecular flexibility index (Phi) is 7.50. The van der Waals surface area contributed by atoms with Crippen LogP contribution in [0.15, 0.2) is 12.1 Å². The maximum atomic E-state index is 12.2. The maximum absolute atomic E-state index is 12.2. The van der Waals surface area contributed by atoms with Gasteiger partial charge in [-0.2, -0.15) is 0 Å². The van der Waals surface area contributed by atoms with E-state index in [2.05, 4.69) is 0 Å². The van der Waals surface area contributed by atoms with Crippen LogP contribution in [0, 0.1) is 0 Å². The lowest BCUT2D eigenvalue weighted by atomic mass is 9.91. The van der Waals surface area contributed by atoms with Crippen LogP contribution in [0.4, 0.5) is 0 Å². The van der Waals surface area contributed by atoms with Crippen LogP contribution in [-0.2, 0) is 20.7 Å². The summed E-state index contributed by atoms with van der Waals surface area (Å²) in [6, 6.07) is 3.09. The van der Waals surface area contributed by atoms with Crippen molar-refractivity contribution in [3.05, 3.63) is 17.7 Å². The molecule has 0 heterocycles. The molecule has 1 unspecified atom stereocenters. The quantitative estimate of drug-likeness (QED) is 0.367. The summed E-state index contributed by atoms with van der Waals surface area (Å²) in [5, 5.41) is 9.46. The molecule has 8 nitrogen and oxygen atoms in total. The second-order valence-corrected chi connectivity index (χ2v) is 5.48. The van der Waals surface area contributed by atoms with Gasteiger partial charge < -0.3 is 29.8 Å². The van der Waals surface area contributed by atoms with Crippen LogP contribution in [0.1, 0.15) is 25.3 Å². The Labute approximate surface area is 146 Å². The molecule has 0 aliphatic heterocycles. The molecular weight excluding hydrogens is 330 g/mol. The van der Waals surface area contributed by atoms with Crippen LogP contribution < -0.4 is 19.9 Å². The summed E-state index contributed by atoms with van der Waals surface area (Å²) >= 11 is 0. The number of carbonyl (C=O) groups is 2. The van der Waals surface area contributed by atoms with E-state index in [-0.39, 0.29) is 13.0 Å². The number of nitrogens with two attached hydrogens (primary N) is 1. The van der Waals surface area contributed by atoms with E-state index in [1.165, 1.54) is 21.3 Å². The molecule has 1 aromatic rings. The number of carbonyl (C=O) groups excluding carboxylic acids is 1. The minimum absolute atomic E-state index is 0.122. The molecule has 1 rings (SSSR count). The van der Waals surface area contributed by atoms with Crippen molar-refractivity contribution in [2.45, 2.75) is 31.7 Å². The van der Waals surface area contributed by atoms with E-state index in [1.54, 1.807) is 12.1 Å². The minimum atomic E-state index is -2.21. The van der Waals surface area contributed by atoms with Crippen molar-refractivity contribution in [1.82, 2.24) is 0 Å². The van der Waals surface area contributed by atoms with Crippen LogP contribution in [0.3, 0.4) is 0 Å². The Morgan fingerprint density at radius 3 is 2.08 bits per heavy atom. The highest BCUT2D eigenvalue weighted by Crippen LogP contribution is 2.38. The average molecular weight is 355 g/mol. The number of aliphatic carboxylic acids is 1. The molecule has 0 saturated carbocycles. The molecule has 0 spiro atoms. The molecule has 0 saturated heterocycles. The van der Waals surface area contributed by atoms with E-state index < -0.39 is 17.5 Å². The van der Waals surface area contributed by atoms with Crippen molar-refractivity contribution in [3.63, 3.8) is 0 Å². The van der Waals surface area contributed by atoms with Gasteiger partial charge in [-0.05, 0) is 24.1 Å². The molecule has 0 aromatic heterocycles. The monoisotopic (exact) mass is 355 g/mol. The molecule has 1 aromatic carbocycles. The largest absolute Gasteiger partial charge is 0.493 e. The highest BCUT2D eigenvalue weighted by Gasteiger charge is 2.44. The predicted octanol–water partition coefficient (Wildman–Crippen LogP) is 1.38. The van der Waals surface area contributed by atoms with E-state index >= 15 is 0 Å². The molecule has 0 radical (unpaired) electrons. The number of hydrogen-bond acceptors (Lipinski definition) is 7. The highest BCUT2D eigenvalue weighted by atomic mass is 16.5. The van der Waals surface area contributed by atoms with E-state index in [1.807, 2.05) is 6.92 Å². The smallest absolute Gasteiger partial charge is 0.338 e. The molecule has 0 aliphatic carbocycles. The van der Waals surface area contributed by atoms with Crippen LogP contribution >= 0.6 is 0 Å². The van der Waals surface area contributed by atoms with Crippen molar-refractivity contribution in [2.75, 3.05) is 27.9 Å². The molecule has 3 N–H and O–H groups in total. The summed E-state index contributed by atoms with van der Waals surface area (Å²) in [5.74, 6) is -1.42. The van der Waals surface area contributed by atoms with Gasteiger partial charge in [0.15, 0.2) is 11.5 Å². The first-order valence-electron chi connectivity index (χ1n) is 7.82. The van der Waals surface area contributed by atoms with Gasteiger partial charge in [0.1, 0.15) is 0 Å². The molecule has 0 fully saturated rings. The van der Waals surface area contributed by atoms with Gasteiger partial charge in [0.05, 0.1) is 27.9 Å². The standard InChI is InChI=1S/C17H25NO7/c1-5-6-7-25-16(21)17(18,15(19)20)10-11-8-12(22-2)14(24-4)13(9-11)23-3/h8-9H,5-7,10,18H2,1-4H3,(H,19,20). The van der Waals surface area contributed by atoms with Gasteiger partial charge in [-0.25, -0.2) is 9.59 Å².